The molecule has 0 aliphatic carbocycles. The lowest BCUT2D eigenvalue weighted by Gasteiger charge is -2.24. The lowest BCUT2D eigenvalue weighted by atomic mass is 10.1. The molecule has 0 spiro atoms. The van der Waals surface area contributed by atoms with Crippen molar-refractivity contribution in [2.24, 2.45) is 0 Å². The Morgan fingerprint density at radius 1 is 0.388 bits per heavy atom. The van der Waals surface area contributed by atoms with Crippen molar-refractivity contribution in [2.75, 3.05) is 47.5 Å². The molecule has 80 heavy (non-hydrogen) atoms. The minimum atomic E-state index is -4.42. The molecule has 10 heteroatoms. The van der Waals surface area contributed by atoms with Gasteiger partial charge in [0.25, 0.3) is 0 Å². The molecule has 446 valence electrons. The highest BCUT2D eigenvalue weighted by Crippen LogP contribution is 2.43. The van der Waals surface area contributed by atoms with E-state index in [9.17, 15) is 19.0 Å². The summed E-state index contributed by atoms with van der Waals surface area (Å²) in [6.07, 6.45) is 92.4. The van der Waals surface area contributed by atoms with Crippen LogP contribution in [0.1, 0.15) is 181 Å². The van der Waals surface area contributed by atoms with Gasteiger partial charge >= 0.3 is 19.8 Å². The Labute approximate surface area is 488 Å². The van der Waals surface area contributed by atoms with Gasteiger partial charge in [-0.1, -0.05) is 234 Å². The minimum Gasteiger partial charge on any atom is -0.462 e. The van der Waals surface area contributed by atoms with Gasteiger partial charge in [-0.15, -0.1) is 0 Å². The van der Waals surface area contributed by atoms with E-state index in [1.54, 1.807) is 0 Å². The summed E-state index contributed by atoms with van der Waals surface area (Å²) >= 11 is 0. The van der Waals surface area contributed by atoms with Crippen LogP contribution in [0.3, 0.4) is 0 Å². The van der Waals surface area contributed by atoms with E-state index in [1.165, 1.54) is 0 Å². The molecule has 0 aromatic rings. The van der Waals surface area contributed by atoms with Gasteiger partial charge in [0.05, 0.1) is 27.7 Å². The summed E-state index contributed by atoms with van der Waals surface area (Å²) in [5.74, 6) is -0.932. The molecule has 2 unspecified atom stereocenters. The van der Waals surface area contributed by atoms with Crippen LogP contribution < -0.4 is 0 Å². The Hall–Kier alpha value is -5.15. The fourth-order valence-corrected chi connectivity index (χ4v) is 7.81. The van der Waals surface area contributed by atoms with Crippen LogP contribution in [-0.4, -0.2) is 74.9 Å². The molecule has 0 aromatic heterocycles. The van der Waals surface area contributed by atoms with Crippen molar-refractivity contribution in [3.8, 4) is 0 Å². The quantitative estimate of drug-likeness (QED) is 0.0211. The van der Waals surface area contributed by atoms with Gasteiger partial charge in [-0.05, 0) is 128 Å². The zero-order valence-corrected chi connectivity index (χ0v) is 51.4. The number of phosphoric ester groups is 1. The predicted octanol–water partition coefficient (Wildman–Crippen LogP) is 19.4. The van der Waals surface area contributed by atoms with E-state index in [0.717, 1.165) is 141 Å². The van der Waals surface area contributed by atoms with E-state index < -0.39 is 32.5 Å². The lowest BCUT2D eigenvalue weighted by molar-refractivity contribution is -0.870. The van der Waals surface area contributed by atoms with E-state index in [4.69, 9.17) is 18.5 Å². The number of quaternary nitrogens is 1. The topological polar surface area (TPSA) is 108 Å². The second-order valence-electron chi connectivity index (χ2n) is 20.3. The summed E-state index contributed by atoms with van der Waals surface area (Å²) in [7, 11) is 1.39. The average Bonchev–Trinajstić information content (AvgIpc) is 3.42. The first-order valence-corrected chi connectivity index (χ1v) is 31.7. The van der Waals surface area contributed by atoms with Crippen LogP contribution in [0.15, 0.2) is 194 Å². The van der Waals surface area contributed by atoms with Crippen LogP contribution in [-0.2, 0) is 32.7 Å². The molecule has 0 aliphatic rings. The number of ether oxygens (including phenoxy) is 2. The Balaban J connectivity index is 4.30. The monoisotopic (exact) mass is 1120 g/mol. The number of likely N-dealkylation sites (N-methyl/N-ethyl adjacent to an activating group) is 1. The summed E-state index contributed by atoms with van der Waals surface area (Å²) in [5.41, 5.74) is 0. The molecule has 0 bridgehead atoms. The third-order valence-corrected chi connectivity index (χ3v) is 12.6. The summed E-state index contributed by atoms with van der Waals surface area (Å²) in [6.45, 7) is 4.06. The third kappa shape index (κ3) is 62.1. The first-order chi connectivity index (χ1) is 39.0. The number of carbonyl (C=O) groups is 2. The number of phosphoric acid groups is 1. The second-order valence-corrected chi connectivity index (χ2v) is 21.7. The maximum Gasteiger partial charge on any atom is 0.472 e. The van der Waals surface area contributed by atoms with E-state index in [2.05, 4.69) is 196 Å². The lowest BCUT2D eigenvalue weighted by Crippen LogP contribution is -2.37. The number of esters is 2. The molecule has 9 nitrogen and oxygen atoms in total. The number of unbranched alkanes of at least 4 members (excludes halogenated alkanes) is 6. The maximum absolute atomic E-state index is 12.8. The molecule has 0 radical (unpaired) electrons. The normalized spacial score (nSPS) is 14.6. The zero-order valence-electron chi connectivity index (χ0n) is 50.5. The van der Waals surface area contributed by atoms with Crippen LogP contribution >= 0.6 is 7.82 Å². The molecule has 0 saturated carbocycles. The van der Waals surface area contributed by atoms with Crippen LogP contribution in [0, 0.1) is 0 Å². The first-order valence-electron chi connectivity index (χ1n) is 30.2. The molecule has 2 atom stereocenters. The van der Waals surface area contributed by atoms with E-state index >= 15 is 0 Å². The van der Waals surface area contributed by atoms with Crippen LogP contribution in [0.5, 0.6) is 0 Å². The molecule has 0 heterocycles. The predicted molar refractivity (Wildman–Crippen MR) is 343 cm³/mol. The number of hydrogen-bond acceptors (Lipinski definition) is 7. The summed E-state index contributed by atoms with van der Waals surface area (Å²) < 4.78 is 34.4. The maximum atomic E-state index is 12.8. The highest BCUT2D eigenvalue weighted by Gasteiger charge is 2.27. The number of hydrogen-bond donors (Lipinski definition) is 1. The molecule has 1 N–H and O–H groups in total. The van der Waals surface area contributed by atoms with Gasteiger partial charge in [0, 0.05) is 12.8 Å². The SMILES string of the molecule is CC/C=C\C/C=C\C/C=C\C/C=C\C/C=C\C/C=C\C/C=C\C/C=C\C/C=C\C/C=C\CCCCCCCCC(=O)OC(COC(=O)CC/C=C\C/C=C\C/C=C\C/C=C\C/C=C\C/C=C\CC)COP(=O)(O)OCC[N+](C)(C)C. The molecule has 0 rings (SSSR count). The zero-order chi connectivity index (χ0) is 58.4. The van der Waals surface area contributed by atoms with Crippen LogP contribution in [0.25, 0.3) is 0 Å². The summed E-state index contributed by atoms with van der Waals surface area (Å²) in [4.78, 5) is 35.6. The molecule has 0 fully saturated rings. The van der Waals surface area contributed by atoms with Gasteiger partial charge in [0.15, 0.2) is 6.10 Å². The summed E-state index contributed by atoms with van der Waals surface area (Å²) in [5, 5.41) is 0. The van der Waals surface area contributed by atoms with Crippen LogP contribution in [0.2, 0.25) is 0 Å². The minimum absolute atomic E-state index is 0.00539. The number of nitrogens with zero attached hydrogens (tertiary/aromatic N) is 1. The third-order valence-electron chi connectivity index (χ3n) is 11.6. The second kappa shape index (κ2) is 58.5. The van der Waals surface area contributed by atoms with Crippen LogP contribution in [0.4, 0.5) is 0 Å². The number of allylic oxidation sites excluding steroid dienone is 32. The van der Waals surface area contributed by atoms with Gasteiger partial charge in [0.2, 0.25) is 0 Å². The molecular weight excluding hydrogens is 1010 g/mol. The van der Waals surface area contributed by atoms with E-state index in [0.29, 0.717) is 23.9 Å². The number of rotatable bonds is 52. The first kappa shape index (κ1) is 74.8. The van der Waals surface area contributed by atoms with Crippen molar-refractivity contribution in [3.05, 3.63) is 194 Å². The summed E-state index contributed by atoms with van der Waals surface area (Å²) in [6, 6.07) is 0. The highest BCUT2D eigenvalue weighted by atomic mass is 31.2. The fourth-order valence-electron chi connectivity index (χ4n) is 7.07. The van der Waals surface area contributed by atoms with Crippen molar-refractivity contribution in [2.45, 2.75) is 187 Å². The Kier molecular flexibility index (Phi) is 54.7. The van der Waals surface area contributed by atoms with Gasteiger partial charge in [-0.25, -0.2) is 4.57 Å². The number of carbonyl (C=O) groups excluding carboxylic acids is 2. The molecule has 0 aromatic carbocycles. The standard InChI is InChI=1S/C70H108NO8P/c1-6-8-10-12-14-16-18-20-22-24-26-27-28-29-30-31-32-33-34-35-36-37-38-39-40-41-42-43-45-47-49-51-53-55-57-59-61-63-70(73)79-68(67-78-80(74,75)77-65-64-71(3,4)5)66-76-69(72)62-60-58-56-54-52-50-48-46-44-25-23-21-19-17-15-13-11-9-7-2/h8-11,14-17,20-23,26-27,29-30,32-33,35-36,38-39,41-42,44-47,50,52,56,58,68H,6-7,12-13,18-19,24-25,28,31,34,37,40,43,48-49,51,53-55,57,59-67H2,1-5H3/p+1/b10-8-,11-9-,16-14-,17-15-,22-20-,23-21-,27-26-,30-29-,33-32-,36-35-,39-38-,42-41-,46-44-,47-45-,52-50-,58-56-. The fraction of sp³-hybridized carbons (Fsp3) is 0.514. The molecule has 0 aliphatic heterocycles. The van der Waals surface area contributed by atoms with Gasteiger partial charge < -0.3 is 18.9 Å². The van der Waals surface area contributed by atoms with Crippen molar-refractivity contribution < 1.29 is 42.1 Å². The Morgan fingerprint density at radius 3 is 1.05 bits per heavy atom. The van der Waals surface area contributed by atoms with E-state index in [-0.39, 0.29) is 26.1 Å². The highest BCUT2D eigenvalue weighted by molar-refractivity contribution is 7.47. The molecular formula is C70H109NO8P+. The van der Waals surface area contributed by atoms with Crippen molar-refractivity contribution in [1.82, 2.24) is 0 Å². The van der Waals surface area contributed by atoms with Gasteiger partial charge in [-0.3, -0.25) is 18.6 Å². The van der Waals surface area contributed by atoms with Crippen molar-refractivity contribution >= 4 is 19.8 Å². The molecule has 0 saturated heterocycles. The largest absolute Gasteiger partial charge is 0.472 e. The van der Waals surface area contributed by atoms with E-state index in [1.807, 2.05) is 33.3 Å². The Morgan fingerprint density at radius 2 is 0.700 bits per heavy atom. The van der Waals surface area contributed by atoms with Gasteiger partial charge in [-0.2, -0.15) is 0 Å². The van der Waals surface area contributed by atoms with Crippen molar-refractivity contribution in [1.29, 1.82) is 0 Å². The average molecular weight is 1120 g/mol. The van der Waals surface area contributed by atoms with Crippen molar-refractivity contribution in [3.63, 3.8) is 0 Å². The Bertz CT molecular complexity index is 2050. The molecule has 0 amide bonds. The van der Waals surface area contributed by atoms with Gasteiger partial charge in [0.1, 0.15) is 19.8 Å². The smallest absolute Gasteiger partial charge is 0.462 e.